The molecule has 0 aliphatic heterocycles. The zero-order chi connectivity index (χ0) is 18.7. The number of allylic oxidation sites excluding steroid dienone is 4. The van der Waals surface area contributed by atoms with E-state index in [0.717, 1.165) is 32.1 Å². The molecule has 0 bridgehead atoms. The van der Waals surface area contributed by atoms with Crippen LogP contribution in [0.1, 0.15) is 46.0 Å². The molecular weight excluding hydrogens is 328 g/mol. The van der Waals surface area contributed by atoms with Gasteiger partial charge in [0.05, 0.1) is 0 Å². The maximum Gasteiger partial charge on any atom is 0.178 e. The van der Waals surface area contributed by atoms with Crippen molar-refractivity contribution < 1.29 is 19.8 Å². The normalized spacial score (nSPS) is 47.0. The summed E-state index contributed by atoms with van der Waals surface area (Å²) < 4.78 is 0. The van der Waals surface area contributed by atoms with Gasteiger partial charge in [-0.1, -0.05) is 25.5 Å². The second-order valence-electron chi connectivity index (χ2n) is 9.43. The SMILES string of the molecule is C[C@]12CC[C@H]3[C@@H](CCC4=CC(=O)C=C[C@@]43C)[C@@H]1C[C@@H](CO)[C@@H]2C(=O)CO. The highest BCUT2D eigenvalue weighted by atomic mass is 16.3. The summed E-state index contributed by atoms with van der Waals surface area (Å²) in [5.41, 5.74) is 1.10. The Hall–Kier alpha value is -1.26. The number of Topliss-reactive ketones (excluding diaryl/α,β-unsaturated/α-hetero) is 1. The van der Waals surface area contributed by atoms with E-state index in [9.17, 15) is 19.8 Å². The minimum Gasteiger partial charge on any atom is -0.396 e. The molecule has 3 saturated carbocycles. The minimum atomic E-state index is -0.424. The summed E-state index contributed by atoms with van der Waals surface area (Å²) in [6.45, 7) is 4.09. The average molecular weight is 358 g/mol. The van der Waals surface area contributed by atoms with Crippen molar-refractivity contribution in [1.82, 2.24) is 0 Å². The lowest BCUT2D eigenvalue weighted by molar-refractivity contribution is -0.134. The van der Waals surface area contributed by atoms with Crippen LogP contribution in [-0.2, 0) is 9.59 Å². The Bertz CT molecular complexity index is 692. The van der Waals surface area contributed by atoms with Crippen LogP contribution >= 0.6 is 0 Å². The van der Waals surface area contributed by atoms with Crippen molar-refractivity contribution in [3.05, 3.63) is 23.8 Å². The number of carbonyl (C=O) groups is 2. The van der Waals surface area contributed by atoms with E-state index >= 15 is 0 Å². The smallest absolute Gasteiger partial charge is 0.178 e. The van der Waals surface area contributed by atoms with Gasteiger partial charge in [0, 0.05) is 17.9 Å². The van der Waals surface area contributed by atoms with Crippen LogP contribution in [0.5, 0.6) is 0 Å². The molecule has 0 amide bonds. The molecule has 26 heavy (non-hydrogen) atoms. The Morgan fingerprint density at radius 1 is 1.23 bits per heavy atom. The molecule has 0 unspecified atom stereocenters. The second kappa shape index (κ2) is 6.13. The average Bonchev–Trinajstić information content (AvgIpc) is 2.94. The Morgan fingerprint density at radius 2 is 2.00 bits per heavy atom. The second-order valence-corrected chi connectivity index (χ2v) is 9.43. The first kappa shape index (κ1) is 18.1. The monoisotopic (exact) mass is 358 g/mol. The van der Waals surface area contributed by atoms with E-state index in [0.29, 0.717) is 17.8 Å². The van der Waals surface area contributed by atoms with Crippen molar-refractivity contribution >= 4 is 11.6 Å². The van der Waals surface area contributed by atoms with Crippen LogP contribution in [0.3, 0.4) is 0 Å². The summed E-state index contributed by atoms with van der Waals surface area (Å²) in [6, 6.07) is 0. The minimum absolute atomic E-state index is 0.0245. The van der Waals surface area contributed by atoms with E-state index in [1.165, 1.54) is 5.57 Å². The zero-order valence-electron chi connectivity index (χ0n) is 15.8. The van der Waals surface area contributed by atoms with Gasteiger partial charge in [0.25, 0.3) is 0 Å². The molecule has 0 aromatic heterocycles. The molecule has 0 aromatic carbocycles. The molecule has 0 saturated heterocycles. The van der Waals surface area contributed by atoms with Crippen LogP contribution < -0.4 is 0 Å². The summed E-state index contributed by atoms with van der Waals surface area (Å²) >= 11 is 0. The summed E-state index contributed by atoms with van der Waals surface area (Å²) in [4.78, 5) is 24.3. The fourth-order valence-electron chi connectivity index (χ4n) is 7.29. The van der Waals surface area contributed by atoms with Gasteiger partial charge in [-0.15, -0.1) is 0 Å². The first-order chi connectivity index (χ1) is 12.3. The summed E-state index contributed by atoms with van der Waals surface area (Å²) in [5, 5.41) is 19.4. The lowest BCUT2D eigenvalue weighted by Crippen LogP contribution is -2.50. The van der Waals surface area contributed by atoms with Gasteiger partial charge in [-0.2, -0.15) is 0 Å². The van der Waals surface area contributed by atoms with Gasteiger partial charge in [0.1, 0.15) is 6.61 Å². The van der Waals surface area contributed by atoms with E-state index in [1.54, 1.807) is 6.08 Å². The first-order valence-electron chi connectivity index (χ1n) is 10.0. The van der Waals surface area contributed by atoms with E-state index in [4.69, 9.17) is 0 Å². The predicted molar refractivity (Wildman–Crippen MR) is 98.2 cm³/mol. The number of carbonyl (C=O) groups excluding carboxylic acids is 2. The number of rotatable bonds is 3. The molecule has 2 N–H and O–H groups in total. The van der Waals surface area contributed by atoms with Gasteiger partial charge in [0.15, 0.2) is 11.6 Å². The zero-order valence-corrected chi connectivity index (χ0v) is 15.8. The van der Waals surface area contributed by atoms with Crippen LogP contribution in [0.25, 0.3) is 0 Å². The van der Waals surface area contributed by atoms with Crippen LogP contribution in [0.15, 0.2) is 23.8 Å². The Labute approximate surface area is 155 Å². The van der Waals surface area contributed by atoms with Crippen LogP contribution in [-0.4, -0.2) is 35.0 Å². The van der Waals surface area contributed by atoms with Gasteiger partial charge in [0.2, 0.25) is 0 Å². The fraction of sp³-hybridized carbons (Fsp3) is 0.727. The van der Waals surface area contributed by atoms with E-state index in [2.05, 4.69) is 19.9 Å². The molecule has 0 aromatic rings. The third-order valence-corrected chi connectivity index (χ3v) is 8.47. The molecule has 0 spiro atoms. The van der Waals surface area contributed by atoms with Crippen LogP contribution in [0, 0.1) is 40.4 Å². The Kier molecular flexibility index (Phi) is 4.27. The largest absolute Gasteiger partial charge is 0.396 e. The molecule has 4 aliphatic carbocycles. The topological polar surface area (TPSA) is 74.6 Å². The molecule has 142 valence electrons. The van der Waals surface area contributed by atoms with Crippen LogP contribution in [0.4, 0.5) is 0 Å². The van der Waals surface area contributed by atoms with Crippen LogP contribution in [0.2, 0.25) is 0 Å². The standard InChI is InChI=1S/C22H30O4/c1-21-7-5-15(25)10-14(21)3-4-16-17(21)6-8-22(2)18(16)9-13(11-23)20(22)19(26)12-24/h5,7,10,13,16-18,20,23-24H,3-4,6,8-9,11-12H2,1-2H3/t13-,16+,17-,18-,20+,21-,22-/m0/s1. The molecule has 0 heterocycles. The predicted octanol–water partition coefficient (Wildman–Crippen LogP) is 2.69. The number of hydrogen-bond acceptors (Lipinski definition) is 4. The number of hydrogen-bond donors (Lipinski definition) is 2. The van der Waals surface area contributed by atoms with E-state index in [1.807, 2.05) is 6.08 Å². The molecule has 4 aliphatic rings. The highest BCUT2D eigenvalue weighted by Gasteiger charge is 2.62. The number of ketones is 2. The molecular formula is C22H30O4. The summed E-state index contributed by atoms with van der Waals surface area (Å²) in [6.07, 6.45) is 10.6. The highest BCUT2D eigenvalue weighted by Crippen LogP contribution is 2.67. The van der Waals surface area contributed by atoms with Gasteiger partial charge >= 0.3 is 0 Å². The number of aliphatic hydroxyl groups excluding tert-OH is 2. The Balaban J connectivity index is 1.69. The summed E-state index contributed by atoms with van der Waals surface area (Å²) in [7, 11) is 0. The molecule has 4 rings (SSSR count). The lowest BCUT2D eigenvalue weighted by atomic mass is 9.47. The van der Waals surface area contributed by atoms with Crippen molar-refractivity contribution in [3.8, 4) is 0 Å². The third kappa shape index (κ3) is 2.34. The van der Waals surface area contributed by atoms with Crippen molar-refractivity contribution in [3.63, 3.8) is 0 Å². The van der Waals surface area contributed by atoms with Crippen molar-refractivity contribution in [2.24, 2.45) is 40.4 Å². The van der Waals surface area contributed by atoms with Crippen molar-refractivity contribution in [2.75, 3.05) is 13.2 Å². The first-order valence-corrected chi connectivity index (χ1v) is 10.0. The van der Waals surface area contributed by atoms with Gasteiger partial charge in [-0.3, -0.25) is 9.59 Å². The summed E-state index contributed by atoms with van der Waals surface area (Å²) in [5.74, 6) is 1.16. The van der Waals surface area contributed by atoms with Crippen molar-refractivity contribution in [1.29, 1.82) is 0 Å². The molecule has 4 heteroatoms. The van der Waals surface area contributed by atoms with Crippen molar-refractivity contribution in [2.45, 2.75) is 46.0 Å². The fourth-order valence-corrected chi connectivity index (χ4v) is 7.29. The molecule has 3 fully saturated rings. The maximum atomic E-state index is 12.5. The number of aliphatic hydroxyl groups is 2. The van der Waals surface area contributed by atoms with Gasteiger partial charge in [-0.25, -0.2) is 0 Å². The molecule has 4 nitrogen and oxygen atoms in total. The quantitative estimate of drug-likeness (QED) is 0.813. The van der Waals surface area contributed by atoms with E-state index < -0.39 is 6.61 Å². The molecule has 7 atom stereocenters. The highest BCUT2D eigenvalue weighted by molar-refractivity contribution is 6.01. The van der Waals surface area contributed by atoms with Gasteiger partial charge in [-0.05, 0) is 73.3 Å². The maximum absolute atomic E-state index is 12.5. The third-order valence-electron chi connectivity index (χ3n) is 8.47. The Morgan fingerprint density at radius 3 is 2.69 bits per heavy atom. The van der Waals surface area contributed by atoms with E-state index in [-0.39, 0.29) is 40.8 Å². The molecule has 0 radical (unpaired) electrons. The lowest BCUT2D eigenvalue weighted by Gasteiger charge is -2.56. The van der Waals surface area contributed by atoms with Gasteiger partial charge < -0.3 is 10.2 Å². The number of fused-ring (bicyclic) bond motifs is 5.